The smallest absolute Gasteiger partial charge is 0.174 e. The zero-order valence-corrected chi connectivity index (χ0v) is 10.4. The molecule has 0 aromatic carbocycles. The molecular weight excluding hydrogens is 226 g/mol. The summed E-state index contributed by atoms with van der Waals surface area (Å²) in [5.74, 6) is 2.04. The van der Waals surface area contributed by atoms with Crippen LogP contribution in [-0.4, -0.2) is 29.0 Å². The number of nitrogens with one attached hydrogen (secondary N) is 1. The van der Waals surface area contributed by atoms with E-state index in [2.05, 4.69) is 15.5 Å². The third-order valence-electron chi connectivity index (χ3n) is 2.75. The molecular formula is C10H17N3S2. The Labute approximate surface area is 99.1 Å². The van der Waals surface area contributed by atoms with Gasteiger partial charge in [-0.05, 0) is 25.3 Å². The van der Waals surface area contributed by atoms with E-state index < -0.39 is 0 Å². The highest BCUT2D eigenvalue weighted by Crippen LogP contribution is 2.23. The fourth-order valence-electron chi connectivity index (χ4n) is 1.96. The molecule has 0 amide bonds. The number of thioether (sulfide) groups is 1. The Balaban J connectivity index is 1.48. The Kier molecular flexibility index (Phi) is 4.89. The van der Waals surface area contributed by atoms with E-state index in [0.717, 1.165) is 22.6 Å². The maximum absolute atomic E-state index is 4.00. The Bertz CT molecular complexity index is 258. The summed E-state index contributed by atoms with van der Waals surface area (Å²) in [4.78, 5) is 0. The normalized spacial score (nSPS) is 17.3. The van der Waals surface area contributed by atoms with Crippen LogP contribution >= 0.6 is 23.1 Å². The minimum atomic E-state index is 0.941. The van der Waals surface area contributed by atoms with E-state index in [1.165, 1.54) is 32.2 Å². The van der Waals surface area contributed by atoms with Gasteiger partial charge in [-0.15, -0.1) is 10.2 Å². The average molecular weight is 243 g/mol. The molecule has 0 radical (unpaired) electrons. The van der Waals surface area contributed by atoms with Crippen molar-refractivity contribution < 1.29 is 0 Å². The maximum Gasteiger partial charge on any atom is 0.174 e. The summed E-state index contributed by atoms with van der Waals surface area (Å²) < 4.78 is 1.08. The van der Waals surface area contributed by atoms with Gasteiger partial charge in [0.15, 0.2) is 4.34 Å². The SMILES string of the molecule is c1nnc(SCCNCC2CCCC2)s1. The standard InChI is InChI=1S/C10H17N3S2/c1-2-4-9(3-1)7-11-5-6-14-10-13-12-8-15-10/h8-9,11H,1-7H2. The van der Waals surface area contributed by atoms with E-state index in [1.807, 2.05) is 0 Å². The number of hydrogen-bond acceptors (Lipinski definition) is 5. The van der Waals surface area contributed by atoms with Gasteiger partial charge < -0.3 is 5.32 Å². The van der Waals surface area contributed by atoms with Crippen LogP contribution in [0, 0.1) is 5.92 Å². The lowest BCUT2D eigenvalue weighted by Crippen LogP contribution is -2.23. The number of nitrogens with zero attached hydrogens (tertiary/aromatic N) is 2. The van der Waals surface area contributed by atoms with Gasteiger partial charge in [-0.1, -0.05) is 35.9 Å². The Morgan fingerprint density at radius 3 is 3.07 bits per heavy atom. The molecule has 1 aromatic heterocycles. The minimum absolute atomic E-state index is 0.941. The molecule has 0 unspecified atom stereocenters. The first-order valence-electron chi connectivity index (χ1n) is 5.55. The predicted octanol–water partition coefficient (Wildman–Crippen LogP) is 2.41. The first-order chi connectivity index (χ1) is 7.45. The fraction of sp³-hybridized carbons (Fsp3) is 0.800. The summed E-state index contributed by atoms with van der Waals surface area (Å²) in [6, 6.07) is 0. The largest absolute Gasteiger partial charge is 0.316 e. The summed E-state index contributed by atoms with van der Waals surface area (Å²) in [6.45, 7) is 2.29. The second-order valence-electron chi connectivity index (χ2n) is 3.91. The summed E-state index contributed by atoms with van der Waals surface area (Å²) in [5.41, 5.74) is 1.79. The topological polar surface area (TPSA) is 37.8 Å². The van der Waals surface area contributed by atoms with Crippen molar-refractivity contribution >= 4 is 23.1 Å². The van der Waals surface area contributed by atoms with Crippen LogP contribution in [0.4, 0.5) is 0 Å². The molecule has 1 saturated carbocycles. The average Bonchev–Trinajstić information content (AvgIpc) is 2.88. The molecule has 0 atom stereocenters. The predicted molar refractivity (Wildman–Crippen MR) is 65.5 cm³/mol. The third-order valence-corrected chi connectivity index (χ3v) is 4.61. The van der Waals surface area contributed by atoms with E-state index in [4.69, 9.17) is 0 Å². The molecule has 1 heterocycles. The van der Waals surface area contributed by atoms with Crippen molar-refractivity contribution in [1.82, 2.24) is 15.5 Å². The van der Waals surface area contributed by atoms with Crippen LogP contribution in [0.3, 0.4) is 0 Å². The van der Waals surface area contributed by atoms with Gasteiger partial charge in [-0.25, -0.2) is 0 Å². The van der Waals surface area contributed by atoms with Crippen LogP contribution in [-0.2, 0) is 0 Å². The van der Waals surface area contributed by atoms with Gasteiger partial charge in [0.2, 0.25) is 0 Å². The summed E-state index contributed by atoms with van der Waals surface area (Å²) >= 11 is 3.41. The molecule has 84 valence electrons. The van der Waals surface area contributed by atoms with E-state index in [9.17, 15) is 0 Å². The van der Waals surface area contributed by atoms with Crippen LogP contribution in [0.15, 0.2) is 9.85 Å². The van der Waals surface area contributed by atoms with Crippen molar-refractivity contribution in [2.24, 2.45) is 5.92 Å². The molecule has 0 aliphatic heterocycles. The monoisotopic (exact) mass is 243 g/mol. The van der Waals surface area contributed by atoms with Gasteiger partial charge in [0, 0.05) is 12.3 Å². The zero-order valence-electron chi connectivity index (χ0n) is 8.82. The molecule has 1 aromatic rings. The molecule has 15 heavy (non-hydrogen) atoms. The fourth-order valence-corrected chi connectivity index (χ4v) is 3.41. The Hall–Kier alpha value is -0.130. The van der Waals surface area contributed by atoms with Gasteiger partial charge in [0.1, 0.15) is 5.51 Å². The van der Waals surface area contributed by atoms with E-state index >= 15 is 0 Å². The molecule has 3 nitrogen and oxygen atoms in total. The molecule has 1 aliphatic carbocycles. The quantitative estimate of drug-likeness (QED) is 0.615. The number of hydrogen-bond donors (Lipinski definition) is 1. The summed E-state index contributed by atoms with van der Waals surface area (Å²) in [6.07, 6.45) is 5.73. The van der Waals surface area contributed by atoms with Crippen LogP contribution in [0.25, 0.3) is 0 Å². The van der Waals surface area contributed by atoms with Gasteiger partial charge in [0.25, 0.3) is 0 Å². The maximum atomic E-state index is 4.00. The van der Waals surface area contributed by atoms with E-state index in [0.29, 0.717) is 0 Å². The van der Waals surface area contributed by atoms with Crippen molar-refractivity contribution in [3.63, 3.8) is 0 Å². The van der Waals surface area contributed by atoms with E-state index in [-0.39, 0.29) is 0 Å². The van der Waals surface area contributed by atoms with Crippen molar-refractivity contribution in [3.05, 3.63) is 5.51 Å². The molecule has 1 aliphatic rings. The number of aromatic nitrogens is 2. The van der Waals surface area contributed by atoms with Gasteiger partial charge in [0.05, 0.1) is 0 Å². The lowest BCUT2D eigenvalue weighted by atomic mass is 10.1. The molecule has 0 bridgehead atoms. The first kappa shape index (κ1) is 11.4. The van der Waals surface area contributed by atoms with Crippen molar-refractivity contribution in [2.45, 2.75) is 30.0 Å². The molecule has 0 spiro atoms. The highest BCUT2D eigenvalue weighted by Gasteiger charge is 2.13. The molecule has 0 saturated heterocycles. The van der Waals surface area contributed by atoms with Crippen molar-refractivity contribution in [2.75, 3.05) is 18.8 Å². The highest BCUT2D eigenvalue weighted by molar-refractivity contribution is 8.01. The summed E-state index contributed by atoms with van der Waals surface area (Å²) in [5, 5.41) is 11.3. The minimum Gasteiger partial charge on any atom is -0.316 e. The Morgan fingerprint density at radius 2 is 2.33 bits per heavy atom. The zero-order chi connectivity index (χ0) is 10.3. The van der Waals surface area contributed by atoms with Crippen molar-refractivity contribution in [3.8, 4) is 0 Å². The van der Waals surface area contributed by atoms with Gasteiger partial charge >= 0.3 is 0 Å². The van der Waals surface area contributed by atoms with Gasteiger partial charge in [-0.3, -0.25) is 0 Å². The van der Waals surface area contributed by atoms with Crippen LogP contribution < -0.4 is 5.32 Å². The number of rotatable bonds is 6. The molecule has 5 heteroatoms. The second-order valence-corrected chi connectivity index (χ2v) is 6.08. The third kappa shape index (κ3) is 4.09. The van der Waals surface area contributed by atoms with Crippen LogP contribution in [0.2, 0.25) is 0 Å². The molecule has 2 rings (SSSR count). The van der Waals surface area contributed by atoms with Crippen LogP contribution in [0.1, 0.15) is 25.7 Å². The van der Waals surface area contributed by atoms with Gasteiger partial charge in [-0.2, -0.15) is 0 Å². The lowest BCUT2D eigenvalue weighted by Gasteiger charge is -2.09. The lowest BCUT2D eigenvalue weighted by molar-refractivity contribution is 0.500. The molecule has 1 N–H and O–H groups in total. The van der Waals surface area contributed by atoms with Crippen LogP contribution in [0.5, 0.6) is 0 Å². The Morgan fingerprint density at radius 1 is 1.47 bits per heavy atom. The van der Waals surface area contributed by atoms with E-state index in [1.54, 1.807) is 28.6 Å². The summed E-state index contributed by atoms with van der Waals surface area (Å²) in [7, 11) is 0. The highest BCUT2D eigenvalue weighted by atomic mass is 32.2. The first-order valence-corrected chi connectivity index (χ1v) is 7.41. The molecule has 1 fully saturated rings. The van der Waals surface area contributed by atoms with Crippen molar-refractivity contribution in [1.29, 1.82) is 0 Å². The second kappa shape index (κ2) is 6.45.